The van der Waals surface area contributed by atoms with E-state index in [0.29, 0.717) is 11.6 Å². The van der Waals surface area contributed by atoms with Crippen molar-refractivity contribution in [2.45, 2.75) is 5.75 Å². The van der Waals surface area contributed by atoms with Gasteiger partial charge in [-0.05, 0) is 6.07 Å². The highest BCUT2D eigenvalue weighted by Gasteiger charge is 2.10. The van der Waals surface area contributed by atoms with Crippen molar-refractivity contribution in [2.75, 3.05) is 5.75 Å². The molecular formula is C10H8F2N2O2S. The van der Waals surface area contributed by atoms with Crippen LogP contribution in [-0.2, 0) is 10.5 Å². The quantitative estimate of drug-likeness (QED) is 0.882. The summed E-state index contributed by atoms with van der Waals surface area (Å²) in [6, 6.07) is 1.91. The summed E-state index contributed by atoms with van der Waals surface area (Å²) in [6.07, 6.45) is 0. The van der Waals surface area contributed by atoms with Crippen molar-refractivity contribution in [1.82, 2.24) is 9.97 Å². The van der Waals surface area contributed by atoms with E-state index >= 15 is 0 Å². The topological polar surface area (TPSA) is 66.0 Å². The van der Waals surface area contributed by atoms with Crippen LogP contribution in [0.15, 0.2) is 12.1 Å². The number of thioether (sulfide) groups is 1. The van der Waals surface area contributed by atoms with Crippen molar-refractivity contribution in [3.63, 3.8) is 0 Å². The van der Waals surface area contributed by atoms with Gasteiger partial charge in [0.25, 0.3) is 0 Å². The molecule has 90 valence electrons. The average molecular weight is 258 g/mol. The number of hydrogen-bond acceptors (Lipinski definition) is 3. The fourth-order valence-corrected chi connectivity index (χ4v) is 2.00. The van der Waals surface area contributed by atoms with Crippen molar-refractivity contribution >= 4 is 28.8 Å². The number of carboxylic acids is 1. The normalized spacial score (nSPS) is 10.9. The molecule has 1 heterocycles. The van der Waals surface area contributed by atoms with Gasteiger partial charge in [-0.15, -0.1) is 11.8 Å². The van der Waals surface area contributed by atoms with Gasteiger partial charge in [0.15, 0.2) is 5.82 Å². The molecule has 0 unspecified atom stereocenters. The lowest BCUT2D eigenvalue weighted by Crippen LogP contribution is -1.98. The van der Waals surface area contributed by atoms with E-state index in [0.717, 1.165) is 23.9 Å². The van der Waals surface area contributed by atoms with Crippen LogP contribution in [0.4, 0.5) is 8.78 Å². The number of aliphatic carboxylic acids is 1. The Balaban J connectivity index is 2.20. The Morgan fingerprint density at radius 2 is 2.24 bits per heavy atom. The number of H-pyrrole nitrogens is 1. The fourth-order valence-electron chi connectivity index (χ4n) is 1.40. The van der Waals surface area contributed by atoms with Gasteiger partial charge in [-0.2, -0.15) is 0 Å². The number of nitrogens with one attached hydrogen (secondary N) is 1. The standard InChI is InChI=1S/C10H8F2N2O2S/c11-5-1-6(12)10-7(2-5)13-8(14-10)3-17-4-9(15)16/h1-2H,3-4H2,(H,13,14)(H,15,16). The van der Waals surface area contributed by atoms with Gasteiger partial charge >= 0.3 is 5.97 Å². The van der Waals surface area contributed by atoms with Crippen LogP contribution >= 0.6 is 11.8 Å². The van der Waals surface area contributed by atoms with Gasteiger partial charge in [0.1, 0.15) is 17.2 Å². The van der Waals surface area contributed by atoms with Gasteiger partial charge in [0.2, 0.25) is 0 Å². The first kappa shape index (κ1) is 11.8. The molecule has 2 rings (SSSR count). The number of rotatable bonds is 4. The minimum atomic E-state index is -0.927. The smallest absolute Gasteiger partial charge is 0.313 e. The van der Waals surface area contributed by atoms with E-state index in [1.807, 2.05) is 0 Å². The first-order chi connectivity index (χ1) is 8.06. The molecule has 0 amide bonds. The van der Waals surface area contributed by atoms with E-state index in [2.05, 4.69) is 9.97 Å². The summed E-state index contributed by atoms with van der Waals surface area (Å²) in [6.45, 7) is 0. The van der Waals surface area contributed by atoms with E-state index in [1.54, 1.807) is 0 Å². The molecule has 4 nitrogen and oxygen atoms in total. The van der Waals surface area contributed by atoms with Crippen molar-refractivity contribution in [2.24, 2.45) is 0 Å². The molecule has 0 saturated heterocycles. The van der Waals surface area contributed by atoms with Crippen LogP contribution in [0.1, 0.15) is 5.82 Å². The number of imidazole rings is 1. The van der Waals surface area contributed by atoms with Crippen LogP contribution in [-0.4, -0.2) is 26.8 Å². The third-order valence-corrected chi connectivity index (χ3v) is 2.95. The van der Waals surface area contributed by atoms with Crippen molar-refractivity contribution in [3.05, 3.63) is 29.6 Å². The molecule has 17 heavy (non-hydrogen) atoms. The number of carboxylic acid groups (broad SMARTS) is 1. The van der Waals surface area contributed by atoms with Gasteiger partial charge in [-0.3, -0.25) is 4.79 Å². The van der Waals surface area contributed by atoms with Crippen LogP contribution in [0.2, 0.25) is 0 Å². The maximum Gasteiger partial charge on any atom is 0.313 e. The summed E-state index contributed by atoms with van der Waals surface area (Å²) in [7, 11) is 0. The molecule has 0 radical (unpaired) electrons. The van der Waals surface area contributed by atoms with Gasteiger partial charge < -0.3 is 10.1 Å². The Morgan fingerprint density at radius 1 is 1.47 bits per heavy atom. The molecule has 0 aliphatic heterocycles. The Morgan fingerprint density at radius 3 is 2.94 bits per heavy atom. The summed E-state index contributed by atoms with van der Waals surface area (Å²) in [4.78, 5) is 17.0. The molecule has 0 aliphatic rings. The predicted octanol–water partition coefficient (Wildman–Crippen LogP) is 2.16. The van der Waals surface area contributed by atoms with E-state index in [1.165, 1.54) is 0 Å². The van der Waals surface area contributed by atoms with E-state index in [-0.39, 0.29) is 16.8 Å². The highest BCUT2D eigenvalue weighted by Crippen LogP contribution is 2.19. The summed E-state index contributed by atoms with van der Waals surface area (Å²) in [5.41, 5.74) is 0.339. The molecule has 1 aromatic heterocycles. The molecule has 7 heteroatoms. The first-order valence-corrected chi connectivity index (χ1v) is 5.85. The van der Waals surface area contributed by atoms with Crippen molar-refractivity contribution in [1.29, 1.82) is 0 Å². The molecule has 0 aliphatic carbocycles. The zero-order valence-electron chi connectivity index (χ0n) is 8.54. The maximum atomic E-state index is 13.3. The summed E-state index contributed by atoms with van der Waals surface area (Å²) < 4.78 is 26.2. The minimum Gasteiger partial charge on any atom is -0.481 e. The van der Waals surface area contributed by atoms with Crippen molar-refractivity contribution < 1.29 is 18.7 Å². The second-order valence-corrected chi connectivity index (χ2v) is 4.34. The summed E-state index contributed by atoms with van der Waals surface area (Å²) in [5, 5.41) is 8.45. The number of nitrogens with zero attached hydrogens (tertiary/aromatic N) is 1. The van der Waals surface area contributed by atoms with Crippen LogP contribution < -0.4 is 0 Å². The van der Waals surface area contributed by atoms with Crippen LogP contribution in [0.5, 0.6) is 0 Å². The monoisotopic (exact) mass is 258 g/mol. The zero-order chi connectivity index (χ0) is 12.4. The number of benzene rings is 1. The van der Waals surface area contributed by atoms with Crippen LogP contribution in [0.25, 0.3) is 11.0 Å². The predicted molar refractivity (Wildman–Crippen MR) is 59.8 cm³/mol. The fraction of sp³-hybridized carbons (Fsp3) is 0.200. The second kappa shape index (κ2) is 4.70. The van der Waals surface area contributed by atoms with Gasteiger partial charge in [0.05, 0.1) is 17.0 Å². The van der Waals surface area contributed by atoms with Gasteiger partial charge in [-0.1, -0.05) is 0 Å². The maximum absolute atomic E-state index is 13.3. The van der Waals surface area contributed by atoms with E-state index in [4.69, 9.17) is 5.11 Å². The Bertz CT molecular complexity index is 571. The highest BCUT2D eigenvalue weighted by molar-refractivity contribution is 7.99. The molecular weight excluding hydrogens is 250 g/mol. The Labute approximate surface area is 99.0 Å². The third-order valence-electron chi connectivity index (χ3n) is 2.02. The van der Waals surface area contributed by atoms with E-state index < -0.39 is 17.6 Å². The number of halogens is 2. The summed E-state index contributed by atoms with van der Waals surface area (Å²) in [5.74, 6) is -1.66. The lowest BCUT2D eigenvalue weighted by Gasteiger charge is -1.93. The molecule has 0 bridgehead atoms. The first-order valence-electron chi connectivity index (χ1n) is 4.69. The lowest BCUT2D eigenvalue weighted by atomic mass is 10.3. The number of carbonyl (C=O) groups is 1. The highest BCUT2D eigenvalue weighted by atomic mass is 32.2. The minimum absolute atomic E-state index is 0.0616. The second-order valence-electron chi connectivity index (χ2n) is 3.35. The van der Waals surface area contributed by atoms with Crippen LogP contribution in [0.3, 0.4) is 0 Å². The molecule has 0 saturated carbocycles. The van der Waals surface area contributed by atoms with E-state index in [9.17, 15) is 13.6 Å². The Kier molecular flexibility index (Phi) is 3.28. The molecule has 1 aromatic carbocycles. The number of hydrogen-bond donors (Lipinski definition) is 2. The van der Waals surface area contributed by atoms with Gasteiger partial charge in [-0.25, -0.2) is 13.8 Å². The molecule has 0 spiro atoms. The molecule has 0 atom stereocenters. The molecule has 2 aromatic rings. The van der Waals surface area contributed by atoms with Crippen molar-refractivity contribution in [3.8, 4) is 0 Å². The zero-order valence-corrected chi connectivity index (χ0v) is 9.35. The average Bonchev–Trinajstić information content (AvgIpc) is 2.60. The number of aromatic amines is 1. The molecule has 0 fully saturated rings. The SMILES string of the molecule is O=C(O)CSCc1nc2c(F)cc(F)cc2[nH]1. The number of aromatic nitrogens is 2. The summed E-state index contributed by atoms with van der Waals surface area (Å²) >= 11 is 1.13. The molecule has 2 N–H and O–H groups in total. The Hall–Kier alpha value is -1.63. The largest absolute Gasteiger partial charge is 0.481 e. The van der Waals surface area contributed by atoms with Gasteiger partial charge in [0, 0.05) is 6.07 Å². The third kappa shape index (κ3) is 2.73. The van der Waals surface area contributed by atoms with Crippen LogP contribution in [0, 0.1) is 11.6 Å². The lowest BCUT2D eigenvalue weighted by molar-refractivity contribution is -0.133. The number of fused-ring (bicyclic) bond motifs is 1.